The van der Waals surface area contributed by atoms with Crippen LogP contribution < -0.4 is 0 Å². The van der Waals surface area contributed by atoms with Crippen molar-refractivity contribution in [1.82, 2.24) is 0 Å². The van der Waals surface area contributed by atoms with Crippen LogP contribution in [-0.4, -0.2) is 19.8 Å². The number of unbranched alkanes of at least 4 members (excludes halogenated alkanes) is 1. The van der Waals surface area contributed by atoms with E-state index in [2.05, 4.69) is 20.8 Å². The Balaban J connectivity index is 3.09. The van der Waals surface area contributed by atoms with Gasteiger partial charge in [0.05, 0.1) is 0 Å². The minimum atomic E-state index is -0.832. The fourth-order valence-corrected chi connectivity index (χ4v) is 7.98. The van der Waals surface area contributed by atoms with Gasteiger partial charge in [-0.05, 0) is 0 Å². The first kappa shape index (κ1) is 9.80. The van der Waals surface area contributed by atoms with Crippen molar-refractivity contribution in [1.29, 1.82) is 0 Å². The summed E-state index contributed by atoms with van der Waals surface area (Å²) in [6.45, 7) is 7.08. The van der Waals surface area contributed by atoms with Crippen molar-refractivity contribution in [2.75, 3.05) is 0 Å². The Morgan fingerprint density at radius 1 is 1.00 bits per heavy atom. The summed E-state index contributed by atoms with van der Waals surface area (Å²) in [5.74, 6) is 0. The van der Waals surface area contributed by atoms with Crippen LogP contribution in [0.2, 0.25) is 13.3 Å². The van der Waals surface area contributed by atoms with E-state index in [1.807, 2.05) is 0 Å². The van der Waals surface area contributed by atoms with Gasteiger partial charge < -0.3 is 0 Å². The molecule has 0 heterocycles. The monoisotopic (exact) mass is 236 g/mol. The zero-order valence-corrected chi connectivity index (χ0v) is 10.4. The molecule has 0 aliphatic rings. The molecule has 0 saturated heterocycles. The number of hydrogen-bond donors (Lipinski definition) is 0. The van der Waals surface area contributed by atoms with E-state index in [0.29, 0.717) is 0 Å². The normalized spacial score (nSPS) is 10.7. The predicted octanol–water partition coefficient (Wildman–Crippen LogP) is 3.05. The van der Waals surface area contributed by atoms with Crippen LogP contribution in [0.25, 0.3) is 0 Å². The molecule has 56 valence electrons. The van der Waals surface area contributed by atoms with Gasteiger partial charge in [0.1, 0.15) is 0 Å². The third-order valence-electron chi connectivity index (χ3n) is 2.12. The molecule has 0 amide bonds. The van der Waals surface area contributed by atoms with Crippen LogP contribution in [0, 0.1) is 0 Å². The summed E-state index contributed by atoms with van der Waals surface area (Å²) in [4.78, 5) is 0. The average Bonchev–Trinajstić information content (AvgIpc) is 1.91. The Hall–Kier alpha value is 0.799. The summed E-state index contributed by atoms with van der Waals surface area (Å²) in [7, 11) is 0. The second kappa shape index (κ2) is 6.91. The van der Waals surface area contributed by atoms with Crippen molar-refractivity contribution in [2.45, 2.75) is 46.9 Å². The van der Waals surface area contributed by atoms with E-state index in [9.17, 15) is 0 Å². The van der Waals surface area contributed by atoms with Crippen LogP contribution in [0.1, 0.15) is 33.6 Å². The first-order valence-corrected chi connectivity index (χ1v) is 11.3. The van der Waals surface area contributed by atoms with Crippen LogP contribution in [0.5, 0.6) is 0 Å². The third kappa shape index (κ3) is 5.25. The van der Waals surface area contributed by atoms with E-state index in [1.165, 1.54) is 12.8 Å². The third-order valence-corrected chi connectivity index (χ3v) is 12.2. The topological polar surface area (TPSA) is 0 Å². The van der Waals surface area contributed by atoms with Gasteiger partial charge >= 0.3 is 66.7 Å². The van der Waals surface area contributed by atoms with Crippen LogP contribution >= 0.6 is 0 Å². The van der Waals surface area contributed by atoms with Gasteiger partial charge in [-0.15, -0.1) is 0 Å². The maximum absolute atomic E-state index is 2.39. The predicted molar refractivity (Wildman–Crippen MR) is 47.8 cm³/mol. The molecule has 0 fully saturated rings. The molecule has 0 aromatic carbocycles. The summed E-state index contributed by atoms with van der Waals surface area (Å²) in [6.07, 6.45) is 2.93. The summed E-state index contributed by atoms with van der Waals surface area (Å²) in [5.41, 5.74) is 0. The van der Waals surface area contributed by atoms with E-state index in [0.717, 1.165) is 0 Å². The number of hydrogen-bond acceptors (Lipinski definition) is 0. The SMILES string of the molecule is CCC[CH2][SnH]([CH2]C)[CH2]C. The second-order valence-corrected chi connectivity index (χ2v) is 14.1. The zero-order valence-electron chi connectivity index (χ0n) is 7.11. The van der Waals surface area contributed by atoms with Gasteiger partial charge in [0.25, 0.3) is 0 Å². The van der Waals surface area contributed by atoms with Crippen molar-refractivity contribution in [2.24, 2.45) is 0 Å². The van der Waals surface area contributed by atoms with Gasteiger partial charge in [0.2, 0.25) is 0 Å². The Morgan fingerprint density at radius 3 is 1.89 bits per heavy atom. The summed E-state index contributed by atoms with van der Waals surface area (Å²) >= 11 is -0.832. The molecule has 0 nitrogen and oxygen atoms in total. The molecule has 0 spiro atoms. The van der Waals surface area contributed by atoms with E-state index in [4.69, 9.17) is 0 Å². The van der Waals surface area contributed by atoms with Gasteiger partial charge in [0.15, 0.2) is 0 Å². The van der Waals surface area contributed by atoms with Gasteiger partial charge in [-0.3, -0.25) is 0 Å². The zero-order chi connectivity index (χ0) is 7.11. The Bertz CT molecular complexity index is 48.5. The molecule has 0 aromatic rings. The first-order chi connectivity index (χ1) is 4.35. The van der Waals surface area contributed by atoms with Gasteiger partial charge in [-0.1, -0.05) is 0 Å². The molecule has 0 atom stereocenters. The molecule has 0 radical (unpaired) electrons. The standard InChI is InChI=1S/C4H9.2C2H5.Sn.H/c1-3-4-2;2*1-2;;/h1,3-4H2,2H3;2*1H2,2H3;;. The molecule has 0 N–H and O–H groups in total. The van der Waals surface area contributed by atoms with Gasteiger partial charge in [-0.25, -0.2) is 0 Å². The fraction of sp³-hybridized carbons (Fsp3) is 1.00. The number of rotatable bonds is 5. The molecule has 0 aliphatic carbocycles. The van der Waals surface area contributed by atoms with Crippen LogP contribution in [0.15, 0.2) is 0 Å². The molecular weight excluding hydrogens is 215 g/mol. The Labute approximate surface area is 66.8 Å². The molecule has 9 heavy (non-hydrogen) atoms. The van der Waals surface area contributed by atoms with Crippen LogP contribution in [-0.2, 0) is 0 Å². The molecule has 0 unspecified atom stereocenters. The Kier molecular flexibility index (Phi) is 7.53. The summed E-state index contributed by atoms with van der Waals surface area (Å²) < 4.78 is 4.82. The fourth-order valence-electron chi connectivity index (χ4n) is 1.19. The van der Waals surface area contributed by atoms with Gasteiger partial charge in [0, 0.05) is 0 Å². The van der Waals surface area contributed by atoms with Crippen molar-refractivity contribution in [3.05, 3.63) is 0 Å². The van der Waals surface area contributed by atoms with Crippen molar-refractivity contribution >= 4 is 19.8 Å². The molecular formula is C8H20Sn. The summed E-state index contributed by atoms with van der Waals surface area (Å²) in [6, 6.07) is 0. The molecule has 0 bridgehead atoms. The quantitative estimate of drug-likeness (QED) is 0.642. The molecule has 0 aromatic heterocycles. The van der Waals surface area contributed by atoms with E-state index in [1.54, 1.807) is 13.3 Å². The molecule has 1 heteroatoms. The van der Waals surface area contributed by atoms with E-state index >= 15 is 0 Å². The van der Waals surface area contributed by atoms with E-state index < -0.39 is 19.8 Å². The van der Waals surface area contributed by atoms with Crippen molar-refractivity contribution in [3.8, 4) is 0 Å². The minimum absolute atomic E-state index is 0.832. The molecule has 0 rings (SSSR count). The maximum atomic E-state index is 2.39. The summed E-state index contributed by atoms with van der Waals surface area (Å²) in [5, 5.41) is 0. The first-order valence-electron chi connectivity index (χ1n) is 4.35. The van der Waals surface area contributed by atoms with E-state index in [-0.39, 0.29) is 0 Å². The van der Waals surface area contributed by atoms with Crippen molar-refractivity contribution < 1.29 is 0 Å². The second-order valence-electron chi connectivity index (χ2n) is 2.82. The molecule has 0 aliphatic heterocycles. The van der Waals surface area contributed by atoms with Crippen molar-refractivity contribution in [3.63, 3.8) is 0 Å². The Morgan fingerprint density at radius 2 is 1.56 bits per heavy atom. The van der Waals surface area contributed by atoms with Crippen LogP contribution in [0.3, 0.4) is 0 Å². The van der Waals surface area contributed by atoms with Gasteiger partial charge in [-0.2, -0.15) is 0 Å². The molecule has 0 saturated carbocycles. The van der Waals surface area contributed by atoms with Crippen LogP contribution in [0.4, 0.5) is 0 Å². The average molecular weight is 235 g/mol.